The molecule has 2 N–H and O–H groups in total. The fraction of sp³-hybridized carbons (Fsp3) is 0.500. The summed E-state index contributed by atoms with van der Waals surface area (Å²) in [5.74, 6) is -1.33. The first-order valence-corrected chi connectivity index (χ1v) is 6.69. The molecular formula is C14H16F4N2O. The van der Waals surface area contributed by atoms with E-state index < -0.39 is 29.0 Å². The second kappa shape index (κ2) is 6.01. The summed E-state index contributed by atoms with van der Waals surface area (Å²) in [6.45, 7) is 1.28. The molecule has 1 aliphatic heterocycles. The lowest BCUT2D eigenvalue weighted by Gasteiger charge is -2.31. The van der Waals surface area contributed by atoms with Crippen molar-refractivity contribution in [1.29, 1.82) is 0 Å². The summed E-state index contributed by atoms with van der Waals surface area (Å²) >= 11 is 0. The van der Waals surface area contributed by atoms with Crippen LogP contribution in [-0.2, 0) is 6.18 Å². The molecule has 0 unspecified atom stereocenters. The normalized spacial score (nSPS) is 17.1. The number of carbonyl (C=O) groups is 1. The molecule has 0 aliphatic carbocycles. The predicted octanol–water partition coefficient (Wildman–Crippen LogP) is 2.66. The smallest absolute Gasteiger partial charge is 0.339 e. The van der Waals surface area contributed by atoms with Crippen LogP contribution in [0.1, 0.15) is 28.8 Å². The summed E-state index contributed by atoms with van der Waals surface area (Å²) < 4.78 is 51.6. The zero-order valence-electron chi connectivity index (χ0n) is 11.3. The summed E-state index contributed by atoms with van der Waals surface area (Å²) in [5.41, 5.74) is 3.98. The van der Waals surface area contributed by atoms with Crippen molar-refractivity contribution >= 4 is 5.91 Å². The zero-order valence-corrected chi connectivity index (χ0v) is 11.3. The third-order valence-corrected chi connectivity index (χ3v) is 3.76. The van der Waals surface area contributed by atoms with Gasteiger partial charge in [0.1, 0.15) is 5.82 Å². The lowest BCUT2D eigenvalue weighted by Crippen LogP contribution is -2.40. The molecular weight excluding hydrogens is 288 g/mol. The summed E-state index contributed by atoms with van der Waals surface area (Å²) in [4.78, 5) is 13.6. The maximum absolute atomic E-state index is 13.7. The Kier molecular flexibility index (Phi) is 4.51. The highest BCUT2D eigenvalue weighted by Crippen LogP contribution is 2.31. The van der Waals surface area contributed by atoms with Crippen LogP contribution in [0.15, 0.2) is 18.2 Å². The van der Waals surface area contributed by atoms with Crippen molar-refractivity contribution in [2.75, 3.05) is 19.6 Å². The molecule has 0 atom stereocenters. The maximum Gasteiger partial charge on any atom is 0.416 e. The van der Waals surface area contributed by atoms with Crippen LogP contribution in [0, 0.1) is 11.7 Å². The minimum absolute atomic E-state index is 0.306. The summed E-state index contributed by atoms with van der Waals surface area (Å²) in [6.07, 6.45) is -3.24. The van der Waals surface area contributed by atoms with Gasteiger partial charge in [-0.2, -0.15) is 13.2 Å². The van der Waals surface area contributed by atoms with Crippen LogP contribution in [0.2, 0.25) is 0 Å². The van der Waals surface area contributed by atoms with Crippen LogP contribution >= 0.6 is 0 Å². The first kappa shape index (κ1) is 15.8. The van der Waals surface area contributed by atoms with Crippen LogP contribution in [0.4, 0.5) is 17.6 Å². The van der Waals surface area contributed by atoms with Crippen molar-refractivity contribution in [2.45, 2.75) is 19.0 Å². The van der Waals surface area contributed by atoms with Crippen molar-refractivity contribution < 1.29 is 22.4 Å². The maximum atomic E-state index is 13.7. The third kappa shape index (κ3) is 3.53. The largest absolute Gasteiger partial charge is 0.416 e. The van der Waals surface area contributed by atoms with Gasteiger partial charge in [0, 0.05) is 13.1 Å². The number of hydrogen-bond acceptors (Lipinski definition) is 2. The monoisotopic (exact) mass is 304 g/mol. The Labute approximate surface area is 119 Å². The Bertz CT molecular complexity index is 522. The van der Waals surface area contributed by atoms with Crippen molar-refractivity contribution in [1.82, 2.24) is 4.90 Å². The van der Waals surface area contributed by atoms with Crippen LogP contribution in [0.5, 0.6) is 0 Å². The quantitative estimate of drug-likeness (QED) is 0.854. The lowest BCUT2D eigenvalue weighted by molar-refractivity contribution is -0.137. The molecule has 1 heterocycles. The van der Waals surface area contributed by atoms with Crippen LogP contribution in [0.25, 0.3) is 0 Å². The number of likely N-dealkylation sites (tertiary alicyclic amines) is 1. The number of amides is 1. The van der Waals surface area contributed by atoms with Gasteiger partial charge in [-0.25, -0.2) is 4.39 Å². The number of rotatable bonds is 2. The molecule has 0 radical (unpaired) electrons. The number of nitrogens with two attached hydrogens (primary N) is 1. The first-order chi connectivity index (χ1) is 9.82. The predicted molar refractivity (Wildman–Crippen MR) is 69.1 cm³/mol. The Morgan fingerprint density at radius 3 is 2.43 bits per heavy atom. The van der Waals surface area contributed by atoms with Crippen molar-refractivity contribution in [3.05, 3.63) is 35.1 Å². The molecule has 0 saturated carbocycles. The molecule has 1 aliphatic rings. The van der Waals surface area contributed by atoms with Crippen LogP contribution < -0.4 is 5.73 Å². The SMILES string of the molecule is NCC1CCN(C(=O)c2cc(C(F)(F)F)ccc2F)CC1. The molecule has 1 saturated heterocycles. The van der Waals surface area contributed by atoms with Gasteiger partial charge in [-0.05, 0) is 43.5 Å². The first-order valence-electron chi connectivity index (χ1n) is 6.69. The fourth-order valence-corrected chi connectivity index (χ4v) is 2.41. The second-order valence-corrected chi connectivity index (χ2v) is 5.16. The van der Waals surface area contributed by atoms with E-state index in [9.17, 15) is 22.4 Å². The van der Waals surface area contributed by atoms with E-state index in [1.807, 2.05) is 0 Å². The number of nitrogens with zero attached hydrogens (tertiary/aromatic N) is 1. The van der Waals surface area contributed by atoms with Gasteiger partial charge in [-0.3, -0.25) is 4.79 Å². The third-order valence-electron chi connectivity index (χ3n) is 3.76. The minimum Gasteiger partial charge on any atom is -0.339 e. The zero-order chi connectivity index (χ0) is 15.6. The fourth-order valence-electron chi connectivity index (χ4n) is 2.41. The van der Waals surface area contributed by atoms with Gasteiger partial charge in [0.2, 0.25) is 0 Å². The molecule has 0 aromatic heterocycles. The van der Waals surface area contributed by atoms with Gasteiger partial charge in [-0.15, -0.1) is 0 Å². The highest BCUT2D eigenvalue weighted by Gasteiger charge is 2.33. The molecule has 7 heteroatoms. The number of benzene rings is 1. The topological polar surface area (TPSA) is 46.3 Å². The van der Waals surface area contributed by atoms with E-state index in [1.54, 1.807) is 0 Å². The highest BCUT2D eigenvalue weighted by atomic mass is 19.4. The van der Waals surface area contributed by atoms with Gasteiger partial charge in [0.05, 0.1) is 11.1 Å². The molecule has 1 aromatic carbocycles. The van der Waals surface area contributed by atoms with Crippen LogP contribution in [-0.4, -0.2) is 30.4 Å². The van der Waals surface area contributed by atoms with Gasteiger partial charge in [0.25, 0.3) is 5.91 Å². The average Bonchev–Trinajstić information content (AvgIpc) is 2.46. The average molecular weight is 304 g/mol. The second-order valence-electron chi connectivity index (χ2n) is 5.16. The summed E-state index contributed by atoms with van der Waals surface area (Å²) in [7, 11) is 0. The number of carbonyl (C=O) groups excluding carboxylic acids is 1. The van der Waals surface area contributed by atoms with Gasteiger partial charge in [-0.1, -0.05) is 0 Å². The van der Waals surface area contributed by atoms with Gasteiger partial charge >= 0.3 is 6.18 Å². The van der Waals surface area contributed by atoms with E-state index in [1.165, 1.54) is 4.90 Å². The number of halogens is 4. The molecule has 1 aromatic rings. The number of hydrogen-bond donors (Lipinski definition) is 1. The van der Waals surface area contributed by atoms with Crippen LogP contribution in [0.3, 0.4) is 0 Å². The molecule has 2 rings (SSSR count). The molecule has 0 spiro atoms. The van der Waals surface area contributed by atoms with Gasteiger partial charge < -0.3 is 10.6 Å². The number of alkyl halides is 3. The van der Waals surface area contributed by atoms with E-state index in [2.05, 4.69) is 0 Å². The molecule has 116 valence electrons. The standard InChI is InChI=1S/C14H16F4N2O/c15-12-2-1-10(14(16,17)18)7-11(12)13(21)20-5-3-9(8-19)4-6-20/h1-2,7,9H,3-6,8,19H2. The van der Waals surface area contributed by atoms with E-state index in [4.69, 9.17) is 5.73 Å². The highest BCUT2D eigenvalue weighted by molar-refractivity contribution is 5.94. The Morgan fingerprint density at radius 1 is 1.29 bits per heavy atom. The molecule has 1 amide bonds. The molecule has 21 heavy (non-hydrogen) atoms. The van der Waals surface area contributed by atoms with Crippen molar-refractivity contribution in [3.8, 4) is 0 Å². The Morgan fingerprint density at radius 2 is 1.90 bits per heavy atom. The molecule has 1 fully saturated rings. The van der Waals surface area contributed by atoms with E-state index in [0.717, 1.165) is 0 Å². The van der Waals surface area contributed by atoms with Gasteiger partial charge in [0.15, 0.2) is 0 Å². The lowest BCUT2D eigenvalue weighted by atomic mass is 9.96. The summed E-state index contributed by atoms with van der Waals surface area (Å²) in [5, 5.41) is 0. The molecule has 0 bridgehead atoms. The van der Waals surface area contributed by atoms with E-state index in [0.29, 0.717) is 56.6 Å². The number of piperidine rings is 1. The van der Waals surface area contributed by atoms with E-state index >= 15 is 0 Å². The Hall–Kier alpha value is -1.63. The Balaban J connectivity index is 2.19. The van der Waals surface area contributed by atoms with Crippen molar-refractivity contribution in [3.63, 3.8) is 0 Å². The van der Waals surface area contributed by atoms with Crippen molar-refractivity contribution in [2.24, 2.45) is 11.7 Å². The minimum atomic E-state index is -4.60. The molecule has 3 nitrogen and oxygen atoms in total. The van der Waals surface area contributed by atoms with E-state index in [-0.39, 0.29) is 0 Å². The summed E-state index contributed by atoms with van der Waals surface area (Å²) in [6, 6.07) is 1.89.